The van der Waals surface area contributed by atoms with E-state index in [0.29, 0.717) is 24.0 Å². The van der Waals surface area contributed by atoms with Gasteiger partial charge < -0.3 is 20.1 Å². The fraction of sp³-hybridized carbons (Fsp3) is 0.533. The summed E-state index contributed by atoms with van der Waals surface area (Å²) < 4.78 is 10.4. The molecule has 1 aromatic rings. The van der Waals surface area contributed by atoms with Crippen LogP contribution in [0.3, 0.4) is 0 Å². The molecule has 1 aromatic carbocycles. The Morgan fingerprint density at radius 2 is 2.10 bits per heavy atom. The summed E-state index contributed by atoms with van der Waals surface area (Å²) in [5.41, 5.74) is 0.729. The first kappa shape index (κ1) is 17.6. The van der Waals surface area contributed by atoms with E-state index in [1.807, 2.05) is 6.07 Å². The molecule has 1 unspecified atom stereocenters. The molecular weight excluding hydrogens is 292 g/mol. The number of methoxy groups -OCH3 is 2. The first-order valence-corrected chi connectivity index (χ1v) is 6.98. The number of rotatable bonds is 6. The van der Waals surface area contributed by atoms with E-state index >= 15 is 0 Å². The van der Waals surface area contributed by atoms with Crippen LogP contribution in [0.5, 0.6) is 11.5 Å². The van der Waals surface area contributed by atoms with Crippen LogP contribution in [0.25, 0.3) is 0 Å². The van der Waals surface area contributed by atoms with Crippen molar-refractivity contribution in [2.45, 2.75) is 31.7 Å². The maximum Gasteiger partial charge on any atom is 0.224 e. The summed E-state index contributed by atoms with van der Waals surface area (Å²) in [6, 6.07) is 5.86. The first-order chi connectivity index (χ1) is 9.72. The van der Waals surface area contributed by atoms with Crippen LogP contribution in [0.1, 0.15) is 25.7 Å². The van der Waals surface area contributed by atoms with Gasteiger partial charge in [0.1, 0.15) is 0 Å². The number of hydrogen-bond donors (Lipinski definition) is 2. The number of carbonyl (C=O) groups is 1. The maximum absolute atomic E-state index is 11.9. The van der Waals surface area contributed by atoms with Crippen molar-refractivity contribution in [1.82, 2.24) is 5.32 Å². The molecule has 2 rings (SSSR count). The Morgan fingerprint density at radius 1 is 1.33 bits per heavy atom. The van der Waals surface area contributed by atoms with Crippen molar-refractivity contribution >= 4 is 24.0 Å². The van der Waals surface area contributed by atoms with Gasteiger partial charge in [-0.1, -0.05) is 0 Å². The summed E-state index contributed by atoms with van der Waals surface area (Å²) in [5, 5.41) is 6.28. The number of carbonyl (C=O) groups excluding carboxylic acids is 1. The summed E-state index contributed by atoms with van der Waals surface area (Å²) in [4.78, 5) is 11.9. The molecule has 1 heterocycles. The Labute approximate surface area is 131 Å². The predicted octanol–water partition coefficient (Wildman–Crippen LogP) is 2.60. The lowest BCUT2D eigenvalue weighted by atomic mass is 10.1. The van der Waals surface area contributed by atoms with Crippen molar-refractivity contribution in [1.29, 1.82) is 0 Å². The van der Waals surface area contributed by atoms with E-state index in [2.05, 4.69) is 10.6 Å². The highest BCUT2D eigenvalue weighted by Crippen LogP contribution is 2.29. The number of amides is 1. The quantitative estimate of drug-likeness (QED) is 0.847. The van der Waals surface area contributed by atoms with E-state index < -0.39 is 0 Å². The van der Waals surface area contributed by atoms with Crippen LogP contribution in [0.2, 0.25) is 0 Å². The third-order valence-corrected chi connectivity index (χ3v) is 3.55. The van der Waals surface area contributed by atoms with Gasteiger partial charge in [-0.15, -0.1) is 12.4 Å². The van der Waals surface area contributed by atoms with Gasteiger partial charge in [-0.3, -0.25) is 4.79 Å². The Kier molecular flexibility index (Phi) is 7.32. The minimum atomic E-state index is 0. The second-order valence-corrected chi connectivity index (χ2v) is 4.95. The lowest BCUT2D eigenvalue weighted by Crippen LogP contribution is -2.23. The number of halogens is 1. The van der Waals surface area contributed by atoms with Crippen molar-refractivity contribution in [2.75, 3.05) is 26.1 Å². The molecule has 6 heteroatoms. The van der Waals surface area contributed by atoms with Crippen molar-refractivity contribution in [3.63, 3.8) is 0 Å². The minimum absolute atomic E-state index is 0. The largest absolute Gasteiger partial charge is 0.493 e. The molecule has 21 heavy (non-hydrogen) atoms. The van der Waals surface area contributed by atoms with Crippen LogP contribution >= 0.6 is 12.4 Å². The molecule has 0 saturated carbocycles. The van der Waals surface area contributed by atoms with Gasteiger partial charge in [0.15, 0.2) is 11.5 Å². The second-order valence-electron chi connectivity index (χ2n) is 4.95. The molecule has 0 radical (unpaired) electrons. The molecule has 0 aliphatic carbocycles. The minimum Gasteiger partial charge on any atom is -0.493 e. The average Bonchev–Trinajstić information content (AvgIpc) is 2.98. The number of anilines is 1. The molecule has 0 aromatic heterocycles. The van der Waals surface area contributed by atoms with E-state index in [1.165, 1.54) is 12.8 Å². The highest BCUT2D eigenvalue weighted by Gasteiger charge is 2.15. The Morgan fingerprint density at radius 3 is 2.71 bits per heavy atom. The van der Waals surface area contributed by atoms with E-state index in [9.17, 15) is 4.79 Å². The molecule has 1 saturated heterocycles. The summed E-state index contributed by atoms with van der Waals surface area (Å²) in [5.74, 6) is 1.30. The summed E-state index contributed by atoms with van der Waals surface area (Å²) in [6.07, 6.45) is 3.80. The molecule has 118 valence electrons. The van der Waals surface area contributed by atoms with E-state index in [1.54, 1.807) is 26.4 Å². The third kappa shape index (κ3) is 5.10. The Balaban J connectivity index is 0.00000220. The van der Waals surface area contributed by atoms with Crippen LogP contribution in [0.4, 0.5) is 5.69 Å². The molecule has 2 N–H and O–H groups in total. The smallest absolute Gasteiger partial charge is 0.224 e. The van der Waals surface area contributed by atoms with Crippen LogP contribution < -0.4 is 20.1 Å². The first-order valence-electron chi connectivity index (χ1n) is 6.98. The molecule has 1 atom stereocenters. The van der Waals surface area contributed by atoms with Crippen LogP contribution in [0.15, 0.2) is 18.2 Å². The van der Waals surface area contributed by atoms with E-state index in [0.717, 1.165) is 18.7 Å². The zero-order chi connectivity index (χ0) is 14.4. The standard InChI is InChI=1S/C15H22N2O3.ClH/c1-19-13-7-5-12(10-14(13)20-2)17-15(18)8-6-11-4-3-9-16-11;/h5,7,10-11,16H,3-4,6,8-9H2,1-2H3,(H,17,18);1H. The van der Waals surface area contributed by atoms with Crippen molar-refractivity contribution in [2.24, 2.45) is 0 Å². The highest BCUT2D eigenvalue weighted by molar-refractivity contribution is 5.91. The number of benzene rings is 1. The van der Waals surface area contributed by atoms with Crippen molar-refractivity contribution < 1.29 is 14.3 Å². The maximum atomic E-state index is 11.9. The van der Waals surface area contributed by atoms with Gasteiger partial charge in [-0.05, 0) is 37.9 Å². The summed E-state index contributed by atoms with van der Waals surface area (Å²) >= 11 is 0. The SMILES string of the molecule is COc1ccc(NC(=O)CCC2CCCN2)cc1OC.Cl. The average molecular weight is 315 g/mol. The fourth-order valence-electron chi connectivity index (χ4n) is 2.45. The summed E-state index contributed by atoms with van der Waals surface area (Å²) in [7, 11) is 3.17. The Bertz CT molecular complexity index is 462. The van der Waals surface area contributed by atoms with Crippen molar-refractivity contribution in [3.8, 4) is 11.5 Å². The third-order valence-electron chi connectivity index (χ3n) is 3.55. The molecule has 1 aliphatic heterocycles. The zero-order valence-electron chi connectivity index (χ0n) is 12.5. The van der Waals surface area contributed by atoms with Crippen LogP contribution in [-0.2, 0) is 4.79 Å². The van der Waals surface area contributed by atoms with E-state index in [-0.39, 0.29) is 18.3 Å². The lowest BCUT2D eigenvalue weighted by molar-refractivity contribution is -0.116. The normalized spacial score (nSPS) is 17.0. The predicted molar refractivity (Wildman–Crippen MR) is 85.7 cm³/mol. The van der Waals surface area contributed by atoms with Crippen LogP contribution in [0, 0.1) is 0 Å². The topological polar surface area (TPSA) is 59.6 Å². The zero-order valence-corrected chi connectivity index (χ0v) is 13.3. The molecule has 1 aliphatic rings. The molecular formula is C15H23ClN2O3. The summed E-state index contributed by atoms with van der Waals surface area (Å²) in [6.45, 7) is 1.07. The molecule has 0 bridgehead atoms. The molecule has 1 amide bonds. The number of hydrogen-bond acceptors (Lipinski definition) is 4. The van der Waals surface area contributed by atoms with Crippen LogP contribution in [-0.4, -0.2) is 32.7 Å². The van der Waals surface area contributed by atoms with Gasteiger partial charge >= 0.3 is 0 Å². The van der Waals surface area contributed by atoms with E-state index in [4.69, 9.17) is 9.47 Å². The van der Waals surface area contributed by atoms with Gasteiger partial charge in [-0.2, -0.15) is 0 Å². The second kappa shape index (κ2) is 8.74. The van der Waals surface area contributed by atoms with Gasteiger partial charge in [0.05, 0.1) is 14.2 Å². The molecule has 5 nitrogen and oxygen atoms in total. The fourth-order valence-corrected chi connectivity index (χ4v) is 2.45. The molecule has 1 fully saturated rings. The van der Waals surface area contributed by atoms with Gasteiger partial charge in [0, 0.05) is 24.2 Å². The highest BCUT2D eigenvalue weighted by atomic mass is 35.5. The molecule has 0 spiro atoms. The van der Waals surface area contributed by atoms with Gasteiger partial charge in [-0.25, -0.2) is 0 Å². The van der Waals surface area contributed by atoms with Gasteiger partial charge in [0.25, 0.3) is 0 Å². The van der Waals surface area contributed by atoms with Crippen molar-refractivity contribution in [3.05, 3.63) is 18.2 Å². The monoisotopic (exact) mass is 314 g/mol. The van der Waals surface area contributed by atoms with Gasteiger partial charge in [0.2, 0.25) is 5.91 Å². The number of nitrogens with one attached hydrogen (secondary N) is 2. The lowest BCUT2D eigenvalue weighted by Gasteiger charge is -2.12. The Hall–Kier alpha value is -1.46. The number of ether oxygens (including phenoxy) is 2.